The molecule has 2 aromatic rings. The largest absolute Gasteiger partial charge is 0.337 e. The minimum atomic E-state index is -0.0517. The van der Waals surface area contributed by atoms with Crippen LogP contribution in [-0.2, 0) is 17.8 Å². The second-order valence-corrected chi connectivity index (χ2v) is 8.36. The van der Waals surface area contributed by atoms with E-state index in [0.717, 1.165) is 49.3 Å². The van der Waals surface area contributed by atoms with Crippen LogP contribution in [0.3, 0.4) is 0 Å². The molecule has 29 heavy (non-hydrogen) atoms. The van der Waals surface area contributed by atoms with E-state index in [-0.39, 0.29) is 17.2 Å². The zero-order valence-corrected chi connectivity index (χ0v) is 17.1. The SMILES string of the molecule is CCc1cc(C(=O)N2CCC[C@]3(CCC(=O)N(Cc4cnc(C)cn4)C3)C2)n[nH]1. The zero-order valence-electron chi connectivity index (χ0n) is 17.1. The molecule has 0 bridgehead atoms. The van der Waals surface area contributed by atoms with Crippen LogP contribution in [0.4, 0.5) is 0 Å². The van der Waals surface area contributed by atoms with Gasteiger partial charge in [-0.3, -0.25) is 24.7 Å². The lowest BCUT2D eigenvalue weighted by Gasteiger charge is -2.48. The predicted octanol–water partition coefficient (Wildman–Crippen LogP) is 2.12. The summed E-state index contributed by atoms with van der Waals surface area (Å²) in [5.41, 5.74) is 3.06. The number of nitrogens with zero attached hydrogens (tertiary/aromatic N) is 5. The molecule has 8 nitrogen and oxygen atoms in total. The highest BCUT2D eigenvalue weighted by Gasteiger charge is 2.43. The highest BCUT2D eigenvalue weighted by Crippen LogP contribution is 2.39. The van der Waals surface area contributed by atoms with E-state index in [1.165, 1.54) is 0 Å². The van der Waals surface area contributed by atoms with E-state index in [4.69, 9.17) is 0 Å². The summed E-state index contributed by atoms with van der Waals surface area (Å²) in [5, 5.41) is 7.12. The minimum absolute atomic E-state index is 0.0205. The third kappa shape index (κ3) is 4.16. The molecule has 2 aliphatic rings. The van der Waals surface area contributed by atoms with Gasteiger partial charge >= 0.3 is 0 Å². The highest BCUT2D eigenvalue weighted by molar-refractivity contribution is 5.92. The van der Waals surface area contributed by atoms with E-state index in [1.54, 1.807) is 12.4 Å². The fourth-order valence-electron chi connectivity index (χ4n) is 4.47. The van der Waals surface area contributed by atoms with Crippen molar-refractivity contribution in [2.45, 2.75) is 52.5 Å². The zero-order chi connectivity index (χ0) is 20.4. The van der Waals surface area contributed by atoms with Crippen LogP contribution in [0.5, 0.6) is 0 Å². The maximum Gasteiger partial charge on any atom is 0.274 e. The summed E-state index contributed by atoms with van der Waals surface area (Å²) in [6.45, 7) is 6.47. The molecular formula is C21H28N6O2. The fraction of sp³-hybridized carbons (Fsp3) is 0.571. The van der Waals surface area contributed by atoms with E-state index >= 15 is 0 Å². The predicted molar refractivity (Wildman–Crippen MR) is 107 cm³/mol. The van der Waals surface area contributed by atoms with Crippen LogP contribution in [0, 0.1) is 12.3 Å². The molecule has 2 aliphatic heterocycles. The summed E-state index contributed by atoms with van der Waals surface area (Å²) < 4.78 is 0. The first-order chi connectivity index (χ1) is 14.0. The number of aryl methyl sites for hydroxylation is 2. The molecule has 2 saturated heterocycles. The van der Waals surface area contributed by atoms with Gasteiger partial charge in [-0.2, -0.15) is 5.10 Å². The summed E-state index contributed by atoms with van der Waals surface area (Å²) >= 11 is 0. The molecular weight excluding hydrogens is 368 g/mol. The van der Waals surface area contributed by atoms with Gasteiger partial charge in [0.2, 0.25) is 5.91 Å². The number of hydrogen-bond donors (Lipinski definition) is 1. The maximum atomic E-state index is 13.0. The van der Waals surface area contributed by atoms with E-state index in [1.807, 2.05) is 29.7 Å². The Kier molecular flexibility index (Phi) is 5.34. The van der Waals surface area contributed by atoms with Gasteiger partial charge in [-0.15, -0.1) is 0 Å². The number of aromatic nitrogens is 4. The van der Waals surface area contributed by atoms with Gasteiger partial charge in [0.15, 0.2) is 0 Å². The standard InChI is InChI=1S/C21H28N6O2/c1-3-16-9-18(25-24-16)20(29)26-8-4-6-21(13-26)7-5-19(28)27(14-21)12-17-11-22-15(2)10-23-17/h9-11H,3-8,12-14H2,1-2H3,(H,24,25)/t21-/m0/s1. The summed E-state index contributed by atoms with van der Waals surface area (Å²) in [5.74, 6) is 0.134. The Morgan fingerprint density at radius 1 is 1.24 bits per heavy atom. The van der Waals surface area contributed by atoms with Crippen LogP contribution < -0.4 is 0 Å². The minimum Gasteiger partial charge on any atom is -0.337 e. The Morgan fingerprint density at radius 3 is 2.83 bits per heavy atom. The van der Waals surface area contributed by atoms with Crippen LogP contribution in [0.1, 0.15) is 60.2 Å². The number of aromatic amines is 1. The van der Waals surface area contributed by atoms with Crippen molar-refractivity contribution in [2.75, 3.05) is 19.6 Å². The van der Waals surface area contributed by atoms with Gasteiger partial charge in [-0.25, -0.2) is 0 Å². The van der Waals surface area contributed by atoms with Crippen LogP contribution in [-0.4, -0.2) is 61.4 Å². The lowest BCUT2D eigenvalue weighted by Crippen LogP contribution is -2.54. The average molecular weight is 396 g/mol. The van der Waals surface area contributed by atoms with Crippen molar-refractivity contribution in [1.82, 2.24) is 30.0 Å². The Balaban J connectivity index is 1.47. The number of rotatable bonds is 4. The summed E-state index contributed by atoms with van der Waals surface area (Å²) in [4.78, 5) is 38.0. The van der Waals surface area contributed by atoms with Crippen molar-refractivity contribution in [1.29, 1.82) is 0 Å². The number of carbonyl (C=O) groups is 2. The van der Waals surface area contributed by atoms with Crippen LogP contribution in [0.2, 0.25) is 0 Å². The average Bonchev–Trinajstić information content (AvgIpc) is 3.21. The van der Waals surface area contributed by atoms with Gasteiger partial charge in [0.25, 0.3) is 5.91 Å². The van der Waals surface area contributed by atoms with E-state index in [9.17, 15) is 9.59 Å². The van der Waals surface area contributed by atoms with Gasteiger partial charge in [0, 0.05) is 43.4 Å². The van der Waals surface area contributed by atoms with Crippen LogP contribution in [0.15, 0.2) is 18.5 Å². The maximum absolute atomic E-state index is 13.0. The normalized spacial score (nSPS) is 22.3. The van der Waals surface area contributed by atoms with Crippen molar-refractivity contribution < 1.29 is 9.59 Å². The van der Waals surface area contributed by atoms with E-state index < -0.39 is 0 Å². The van der Waals surface area contributed by atoms with Gasteiger partial charge in [0.05, 0.1) is 24.1 Å². The highest BCUT2D eigenvalue weighted by atomic mass is 16.2. The topological polar surface area (TPSA) is 95.1 Å². The van der Waals surface area contributed by atoms with Gasteiger partial charge in [0.1, 0.15) is 5.69 Å². The molecule has 0 aliphatic carbocycles. The first kappa shape index (κ1) is 19.5. The Bertz CT molecular complexity index is 893. The number of nitrogens with one attached hydrogen (secondary N) is 1. The van der Waals surface area contributed by atoms with Gasteiger partial charge < -0.3 is 9.80 Å². The number of piperidine rings is 2. The molecule has 4 heterocycles. The fourth-order valence-corrected chi connectivity index (χ4v) is 4.47. The second kappa shape index (κ2) is 7.93. The molecule has 0 aromatic carbocycles. The van der Waals surface area contributed by atoms with Gasteiger partial charge in [-0.1, -0.05) is 6.92 Å². The number of amides is 2. The summed E-state index contributed by atoms with van der Waals surface area (Å²) in [6, 6.07) is 1.84. The third-order valence-corrected chi connectivity index (χ3v) is 6.11. The quantitative estimate of drug-likeness (QED) is 0.854. The Morgan fingerprint density at radius 2 is 2.10 bits per heavy atom. The molecule has 1 atom stereocenters. The van der Waals surface area contributed by atoms with Crippen molar-refractivity contribution in [3.63, 3.8) is 0 Å². The van der Waals surface area contributed by atoms with Crippen molar-refractivity contribution in [3.8, 4) is 0 Å². The molecule has 1 N–H and O–H groups in total. The molecule has 4 rings (SSSR count). The van der Waals surface area contributed by atoms with E-state index in [0.29, 0.717) is 31.7 Å². The van der Waals surface area contributed by atoms with E-state index in [2.05, 4.69) is 20.2 Å². The molecule has 0 saturated carbocycles. The molecule has 0 unspecified atom stereocenters. The summed E-state index contributed by atoms with van der Waals surface area (Å²) in [7, 11) is 0. The first-order valence-corrected chi connectivity index (χ1v) is 10.4. The lowest BCUT2D eigenvalue weighted by molar-refractivity contribution is -0.139. The smallest absolute Gasteiger partial charge is 0.274 e. The third-order valence-electron chi connectivity index (χ3n) is 6.11. The number of H-pyrrole nitrogens is 1. The molecule has 2 fully saturated rings. The Hall–Kier alpha value is -2.77. The molecule has 2 amide bonds. The lowest BCUT2D eigenvalue weighted by atomic mass is 9.73. The first-order valence-electron chi connectivity index (χ1n) is 10.4. The molecule has 2 aromatic heterocycles. The number of likely N-dealkylation sites (tertiary alicyclic amines) is 2. The van der Waals surface area contributed by atoms with Crippen molar-refractivity contribution in [3.05, 3.63) is 41.2 Å². The second-order valence-electron chi connectivity index (χ2n) is 8.36. The molecule has 8 heteroatoms. The van der Waals surface area contributed by atoms with Crippen LogP contribution in [0.25, 0.3) is 0 Å². The monoisotopic (exact) mass is 396 g/mol. The molecule has 0 radical (unpaired) electrons. The van der Waals surface area contributed by atoms with Crippen LogP contribution >= 0.6 is 0 Å². The van der Waals surface area contributed by atoms with Crippen molar-refractivity contribution >= 4 is 11.8 Å². The molecule has 1 spiro atoms. The number of carbonyl (C=O) groups excluding carboxylic acids is 2. The molecule has 154 valence electrons. The van der Waals surface area contributed by atoms with Crippen molar-refractivity contribution in [2.24, 2.45) is 5.41 Å². The Labute approximate surface area is 170 Å². The number of hydrogen-bond acceptors (Lipinski definition) is 5. The summed E-state index contributed by atoms with van der Waals surface area (Å²) in [6.07, 6.45) is 7.61. The van der Waals surface area contributed by atoms with Gasteiger partial charge in [-0.05, 0) is 38.7 Å².